The second-order valence-corrected chi connectivity index (χ2v) is 8.10. The third kappa shape index (κ3) is 3.78. The molecule has 2 rings (SSSR count). The first-order valence-corrected chi connectivity index (χ1v) is 8.19. The lowest BCUT2D eigenvalue weighted by atomic mass is 9.62. The van der Waals surface area contributed by atoms with E-state index in [4.69, 9.17) is 11.6 Å². The highest BCUT2D eigenvalue weighted by molar-refractivity contribution is 6.30. The van der Waals surface area contributed by atoms with Gasteiger partial charge in [-0.1, -0.05) is 44.5 Å². The van der Waals surface area contributed by atoms with Crippen LogP contribution in [-0.2, 0) is 6.42 Å². The molecule has 0 heterocycles. The van der Waals surface area contributed by atoms with E-state index in [1.165, 1.54) is 0 Å². The molecule has 0 aromatic heterocycles. The molecular weight excluding hydrogens is 287 g/mol. The Labute approximate surface area is 132 Å². The van der Waals surface area contributed by atoms with Gasteiger partial charge in [0.05, 0.1) is 5.02 Å². The van der Waals surface area contributed by atoms with Crippen molar-refractivity contribution in [2.45, 2.75) is 52.9 Å². The van der Waals surface area contributed by atoms with Crippen molar-refractivity contribution < 1.29 is 9.50 Å². The van der Waals surface area contributed by atoms with Crippen molar-refractivity contribution in [3.63, 3.8) is 0 Å². The molecule has 1 aromatic carbocycles. The Balaban J connectivity index is 2.12. The van der Waals surface area contributed by atoms with Crippen molar-refractivity contribution in [3.8, 4) is 0 Å². The number of halogens is 2. The van der Waals surface area contributed by atoms with E-state index in [-0.39, 0.29) is 22.9 Å². The van der Waals surface area contributed by atoms with Crippen molar-refractivity contribution >= 4 is 11.6 Å². The average Bonchev–Trinajstić information content (AvgIpc) is 2.43. The summed E-state index contributed by atoms with van der Waals surface area (Å²) < 4.78 is 14.1. The zero-order valence-corrected chi connectivity index (χ0v) is 14.0. The van der Waals surface area contributed by atoms with Gasteiger partial charge in [0.25, 0.3) is 0 Å². The highest BCUT2D eigenvalue weighted by Crippen LogP contribution is 2.47. The van der Waals surface area contributed by atoms with Gasteiger partial charge in [-0.2, -0.15) is 0 Å². The minimum absolute atomic E-state index is 0.121. The van der Waals surface area contributed by atoms with Crippen molar-refractivity contribution in [1.82, 2.24) is 0 Å². The van der Waals surface area contributed by atoms with E-state index >= 15 is 0 Å². The number of rotatable bonds is 3. The third-order valence-corrected chi connectivity index (χ3v) is 5.50. The van der Waals surface area contributed by atoms with Gasteiger partial charge in [0.2, 0.25) is 0 Å². The maximum atomic E-state index is 14.1. The highest BCUT2D eigenvalue weighted by atomic mass is 35.5. The molecule has 0 radical (unpaired) electrons. The molecule has 0 spiro atoms. The smallest absolute Gasteiger partial charge is 0.144 e. The summed E-state index contributed by atoms with van der Waals surface area (Å²) in [6.07, 6.45) is 4.69. The Morgan fingerprint density at radius 1 is 1.29 bits per heavy atom. The average molecular weight is 313 g/mol. The lowest BCUT2D eigenvalue weighted by molar-refractivity contribution is 0.0363. The highest BCUT2D eigenvalue weighted by Gasteiger charge is 2.38. The first-order valence-electron chi connectivity index (χ1n) is 7.81. The van der Waals surface area contributed by atoms with Crippen LogP contribution in [0.1, 0.15) is 52.0 Å². The fourth-order valence-electron chi connectivity index (χ4n) is 3.58. The summed E-state index contributed by atoms with van der Waals surface area (Å²) >= 11 is 5.87. The molecule has 21 heavy (non-hydrogen) atoms. The fraction of sp³-hybridized carbons (Fsp3) is 0.667. The molecule has 1 N–H and O–H groups in total. The van der Waals surface area contributed by atoms with Crippen LogP contribution in [0.25, 0.3) is 0 Å². The summed E-state index contributed by atoms with van der Waals surface area (Å²) in [5.74, 6) is 0.353. The molecular formula is C18H26ClFO. The first-order chi connectivity index (χ1) is 9.77. The molecule has 0 unspecified atom stereocenters. The lowest BCUT2D eigenvalue weighted by Crippen LogP contribution is -2.36. The van der Waals surface area contributed by atoms with Gasteiger partial charge < -0.3 is 5.11 Å². The predicted octanol–water partition coefficient (Wildman–Crippen LogP) is 5.24. The maximum Gasteiger partial charge on any atom is 0.144 e. The number of aliphatic hydroxyl groups is 1. The number of benzene rings is 1. The van der Waals surface area contributed by atoms with Gasteiger partial charge in [-0.15, -0.1) is 0 Å². The largest absolute Gasteiger partial charge is 0.396 e. The summed E-state index contributed by atoms with van der Waals surface area (Å²) in [6, 6.07) is 5.14. The van der Waals surface area contributed by atoms with Crippen molar-refractivity contribution in [2.24, 2.45) is 16.7 Å². The topological polar surface area (TPSA) is 20.2 Å². The summed E-state index contributed by atoms with van der Waals surface area (Å²) in [4.78, 5) is 0. The van der Waals surface area contributed by atoms with E-state index in [1.807, 2.05) is 0 Å². The molecule has 1 saturated carbocycles. The van der Waals surface area contributed by atoms with Gasteiger partial charge in [0.1, 0.15) is 5.82 Å². The van der Waals surface area contributed by atoms with Crippen LogP contribution in [0.3, 0.4) is 0 Å². The zero-order valence-electron chi connectivity index (χ0n) is 13.3. The summed E-state index contributed by atoms with van der Waals surface area (Å²) in [6.45, 7) is 6.95. The molecule has 3 heteroatoms. The van der Waals surface area contributed by atoms with Crippen LogP contribution in [0.15, 0.2) is 18.2 Å². The van der Waals surface area contributed by atoms with Gasteiger partial charge in [-0.25, -0.2) is 4.39 Å². The second kappa shape index (κ2) is 6.26. The SMILES string of the molecule is CC(C)(C)C1CCC(CO)(Cc2cccc(Cl)c2F)CC1. The first kappa shape index (κ1) is 16.8. The zero-order chi connectivity index (χ0) is 15.7. The van der Waals surface area contributed by atoms with Crippen LogP contribution in [0.2, 0.25) is 5.02 Å². The molecule has 1 aliphatic carbocycles. The van der Waals surface area contributed by atoms with E-state index in [9.17, 15) is 9.50 Å². The molecule has 1 fully saturated rings. The minimum Gasteiger partial charge on any atom is -0.396 e. The van der Waals surface area contributed by atoms with E-state index in [0.717, 1.165) is 25.7 Å². The number of aliphatic hydroxyl groups excluding tert-OH is 1. The summed E-state index contributed by atoms with van der Waals surface area (Å²) in [7, 11) is 0. The monoisotopic (exact) mass is 312 g/mol. The maximum absolute atomic E-state index is 14.1. The van der Waals surface area contributed by atoms with Crippen molar-refractivity contribution in [2.75, 3.05) is 6.61 Å². The lowest BCUT2D eigenvalue weighted by Gasteiger charge is -2.43. The van der Waals surface area contributed by atoms with E-state index < -0.39 is 0 Å². The molecule has 0 atom stereocenters. The van der Waals surface area contributed by atoms with E-state index in [0.29, 0.717) is 23.3 Å². The predicted molar refractivity (Wildman–Crippen MR) is 86.0 cm³/mol. The van der Waals surface area contributed by atoms with E-state index in [1.54, 1.807) is 18.2 Å². The van der Waals surface area contributed by atoms with Crippen molar-refractivity contribution in [1.29, 1.82) is 0 Å². The Hall–Kier alpha value is -0.600. The van der Waals surface area contributed by atoms with Crippen LogP contribution >= 0.6 is 11.6 Å². The van der Waals surface area contributed by atoms with Gasteiger partial charge in [-0.05, 0) is 60.5 Å². The number of hydrogen-bond donors (Lipinski definition) is 1. The van der Waals surface area contributed by atoms with Crippen LogP contribution < -0.4 is 0 Å². The van der Waals surface area contributed by atoms with Crippen LogP contribution in [-0.4, -0.2) is 11.7 Å². The van der Waals surface area contributed by atoms with Gasteiger partial charge in [0.15, 0.2) is 0 Å². The van der Waals surface area contributed by atoms with Crippen LogP contribution in [0, 0.1) is 22.6 Å². The van der Waals surface area contributed by atoms with Gasteiger partial charge >= 0.3 is 0 Å². The molecule has 0 aliphatic heterocycles. The molecule has 1 aromatic rings. The second-order valence-electron chi connectivity index (χ2n) is 7.69. The Morgan fingerprint density at radius 3 is 2.43 bits per heavy atom. The Bertz CT molecular complexity index is 484. The summed E-state index contributed by atoms with van der Waals surface area (Å²) in [5.41, 5.74) is 0.752. The minimum atomic E-state index is -0.329. The Morgan fingerprint density at radius 2 is 1.90 bits per heavy atom. The molecule has 0 bridgehead atoms. The van der Waals surface area contributed by atoms with Gasteiger partial charge in [0, 0.05) is 6.61 Å². The normalized spacial score (nSPS) is 26.9. The molecule has 1 nitrogen and oxygen atoms in total. The standard InChI is InChI=1S/C18H26ClFO/c1-17(2,3)14-7-9-18(12-21,10-8-14)11-13-5-4-6-15(19)16(13)20/h4-6,14,21H,7-12H2,1-3H3. The van der Waals surface area contributed by atoms with E-state index in [2.05, 4.69) is 20.8 Å². The fourth-order valence-corrected chi connectivity index (χ4v) is 3.77. The van der Waals surface area contributed by atoms with Crippen LogP contribution in [0.4, 0.5) is 4.39 Å². The summed E-state index contributed by atoms with van der Waals surface area (Å²) in [5, 5.41) is 10.1. The third-order valence-electron chi connectivity index (χ3n) is 5.20. The van der Waals surface area contributed by atoms with Crippen LogP contribution in [0.5, 0.6) is 0 Å². The quantitative estimate of drug-likeness (QED) is 0.809. The van der Waals surface area contributed by atoms with Gasteiger partial charge in [-0.3, -0.25) is 0 Å². The molecule has 0 amide bonds. The van der Waals surface area contributed by atoms with Crippen molar-refractivity contribution in [3.05, 3.63) is 34.6 Å². The molecule has 0 saturated heterocycles. The number of hydrogen-bond acceptors (Lipinski definition) is 1. The Kier molecular flexibility index (Phi) is 4.99. The molecule has 118 valence electrons. The molecule has 1 aliphatic rings.